The van der Waals surface area contributed by atoms with Gasteiger partial charge in [-0.1, -0.05) is 0 Å². The minimum Gasteiger partial charge on any atom is -0.382 e. The zero-order valence-corrected chi connectivity index (χ0v) is 9.93. The van der Waals surface area contributed by atoms with E-state index in [1.807, 2.05) is 0 Å². The highest BCUT2D eigenvalue weighted by atomic mass is 35.5. The van der Waals surface area contributed by atoms with Crippen LogP contribution in [-0.4, -0.2) is 52.5 Å². The number of halogens is 1. The molecule has 0 saturated carbocycles. The van der Waals surface area contributed by atoms with Crippen molar-refractivity contribution >= 4 is 18.3 Å². The number of hydrogen-bond donors (Lipinski definition) is 2. The van der Waals surface area contributed by atoms with Crippen LogP contribution in [0, 0.1) is 5.92 Å². The Morgan fingerprint density at radius 2 is 1.93 bits per heavy atom. The van der Waals surface area contributed by atoms with Gasteiger partial charge in [-0.05, 0) is 0 Å². The van der Waals surface area contributed by atoms with Gasteiger partial charge >= 0.3 is 0 Å². The van der Waals surface area contributed by atoms with E-state index >= 15 is 0 Å². The molecule has 0 bridgehead atoms. The molecule has 6 heteroatoms. The molecule has 15 heavy (non-hydrogen) atoms. The molecule has 0 atom stereocenters. The number of carbonyl (C=O) groups excluding carboxylic acids is 1. The second kappa shape index (κ2) is 7.87. The van der Waals surface area contributed by atoms with Crippen LogP contribution in [0.25, 0.3) is 0 Å². The molecule has 1 fully saturated rings. The summed E-state index contributed by atoms with van der Waals surface area (Å²) in [6.07, 6.45) is 0. The van der Waals surface area contributed by atoms with Gasteiger partial charge in [0.25, 0.3) is 0 Å². The lowest BCUT2D eigenvalue weighted by atomic mass is 10.0. The monoisotopic (exact) mass is 238 g/mol. The second-order valence-electron chi connectivity index (χ2n) is 3.47. The van der Waals surface area contributed by atoms with Crippen molar-refractivity contribution in [1.82, 2.24) is 10.6 Å². The lowest BCUT2D eigenvalue weighted by Crippen LogP contribution is -2.54. The van der Waals surface area contributed by atoms with Crippen LogP contribution in [0.15, 0.2) is 0 Å². The summed E-state index contributed by atoms with van der Waals surface area (Å²) in [7, 11) is 3.22. The quantitative estimate of drug-likeness (QED) is 0.649. The molecule has 0 unspecified atom stereocenters. The van der Waals surface area contributed by atoms with Gasteiger partial charge < -0.3 is 20.1 Å². The smallest absolute Gasteiger partial charge is 0.226 e. The summed E-state index contributed by atoms with van der Waals surface area (Å²) < 4.78 is 9.96. The van der Waals surface area contributed by atoms with Crippen LogP contribution in [0.1, 0.15) is 0 Å². The molecule has 0 aliphatic carbocycles. The Bertz CT molecular complexity index is 182. The van der Waals surface area contributed by atoms with Crippen LogP contribution in [0.2, 0.25) is 0 Å². The molecule has 1 aliphatic rings. The van der Waals surface area contributed by atoms with Gasteiger partial charge in [0.05, 0.1) is 25.2 Å². The predicted molar refractivity (Wildman–Crippen MR) is 59.3 cm³/mol. The summed E-state index contributed by atoms with van der Waals surface area (Å²) in [6.45, 7) is 2.52. The zero-order chi connectivity index (χ0) is 10.4. The minimum absolute atomic E-state index is 0. The SMILES string of the molecule is COCC(COC)NC(=O)C1CNC1.Cl. The van der Waals surface area contributed by atoms with Gasteiger partial charge in [-0.2, -0.15) is 0 Å². The van der Waals surface area contributed by atoms with Crippen molar-refractivity contribution in [3.8, 4) is 0 Å². The summed E-state index contributed by atoms with van der Waals surface area (Å²) >= 11 is 0. The van der Waals surface area contributed by atoms with Crippen LogP contribution >= 0.6 is 12.4 Å². The third-order valence-corrected chi connectivity index (χ3v) is 2.23. The van der Waals surface area contributed by atoms with E-state index in [9.17, 15) is 4.79 Å². The molecule has 0 radical (unpaired) electrons. The Morgan fingerprint density at radius 1 is 1.40 bits per heavy atom. The van der Waals surface area contributed by atoms with Gasteiger partial charge in [-0.15, -0.1) is 12.4 Å². The van der Waals surface area contributed by atoms with E-state index in [0.29, 0.717) is 13.2 Å². The number of amides is 1. The van der Waals surface area contributed by atoms with Crippen molar-refractivity contribution in [1.29, 1.82) is 0 Å². The average Bonchev–Trinajstić information content (AvgIpc) is 2.01. The first-order chi connectivity index (χ1) is 6.77. The molecule has 0 aromatic rings. The second-order valence-corrected chi connectivity index (χ2v) is 3.47. The number of hydrogen-bond acceptors (Lipinski definition) is 4. The normalized spacial score (nSPS) is 15.7. The first-order valence-electron chi connectivity index (χ1n) is 4.77. The molecular formula is C9H19ClN2O3. The van der Waals surface area contributed by atoms with E-state index in [4.69, 9.17) is 9.47 Å². The summed E-state index contributed by atoms with van der Waals surface area (Å²) in [5, 5.41) is 5.95. The van der Waals surface area contributed by atoms with Crippen LogP contribution in [0.5, 0.6) is 0 Å². The topological polar surface area (TPSA) is 59.6 Å². The van der Waals surface area contributed by atoms with Crippen molar-refractivity contribution in [2.75, 3.05) is 40.5 Å². The van der Waals surface area contributed by atoms with Gasteiger partial charge in [0.15, 0.2) is 0 Å². The first-order valence-corrected chi connectivity index (χ1v) is 4.77. The third kappa shape index (κ3) is 4.79. The van der Waals surface area contributed by atoms with Crippen LogP contribution < -0.4 is 10.6 Å². The van der Waals surface area contributed by atoms with Crippen molar-refractivity contribution < 1.29 is 14.3 Å². The fourth-order valence-corrected chi connectivity index (χ4v) is 1.33. The Hall–Kier alpha value is -0.360. The highest BCUT2D eigenvalue weighted by Crippen LogP contribution is 2.02. The van der Waals surface area contributed by atoms with Gasteiger partial charge in [-0.25, -0.2) is 0 Å². The van der Waals surface area contributed by atoms with E-state index in [1.54, 1.807) is 14.2 Å². The van der Waals surface area contributed by atoms with E-state index in [2.05, 4.69) is 10.6 Å². The number of methoxy groups -OCH3 is 2. The van der Waals surface area contributed by atoms with E-state index in [1.165, 1.54) is 0 Å². The van der Waals surface area contributed by atoms with Crippen molar-refractivity contribution in [2.24, 2.45) is 5.92 Å². The molecule has 1 saturated heterocycles. The summed E-state index contributed by atoms with van der Waals surface area (Å²) in [5.74, 6) is 0.203. The largest absolute Gasteiger partial charge is 0.382 e. The van der Waals surface area contributed by atoms with E-state index in [-0.39, 0.29) is 30.3 Å². The van der Waals surface area contributed by atoms with Gasteiger partial charge in [-0.3, -0.25) is 4.79 Å². The fraction of sp³-hybridized carbons (Fsp3) is 0.889. The number of rotatable bonds is 6. The van der Waals surface area contributed by atoms with E-state index < -0.39 is 0 Å². The summed E-state index contributed by atoms with van der Waals surface area (Å²) in [6, 6.07) is -0.0434. The Labute approximate surface area is 96.3 Å². The number of carbonyl (C=O) groups is 1. The molecule has 2 N–H and O–H groups in total. The molecule has 1 aliphatic heterocycles. The minimum atomic E-state index is -0.0434. The highest BCUT2D eigenvalue weighted by molar-refractivity contribution is 5.85. The molecule has 5 nitrogen and oxygen atoms in total. The fourth-order valence-electron chi connectivity index (χ4n) is 1.33. The Morgan fingerprint density at radius 3 is 2.27 bits per heavy atom. The van der Waals surface area contributed by atoms with Crippen molar-refractivity contribution in [3.05, 3.63) is 0 Å². The zero-order valence-electron chi connectivity index (χ0n) is 9.12. The predicted octanol–water partition coefficient (Wildman–Crippen LogP) is -0.595. The molecule has 1 amide bonds. The van der Waals surface area contributed by atoms with Gasteiger partial charge in [0, 0.05) is 27.3 Å². The highest BCUT2D eigenvalue weighted by Gasteiger charge is 2.26. The molecule has 0 spiro atoms. The maximum Gasteiger partial charge on any atom is 0.226 e. The standard InChI is InChI=1S/C9H18N2O3.ClH/c1-13-5-8(6-14-2)11-9(12)7-3-10-4-7;/h7-8,10H,3-6H2,1-2H3,(H,11,12);1H. The molecule has 1 rings (SSSR count). The summed E-state index contributed by atoms with van der Waals surface area (Å²) in [4.78, 5) is 11.5. The first kappa shape index (κ1) is 14.6. The van der Waals surface area contributed by atoms with Crippen molar-refractivity contribution in [2.45, 2.75) is 6.04 Å². The lowest BCUT2D eigenvalue weighted by Gasteiger charge is -2.28. The molecular weight excluding hydrogens is 220 g/mol. The van der Waals surface area contributed by atoms with Crippen LogP contribution in [0.3, 0.4) is 0 Å². The summed E-state index contributed by atoms with van der Waals surface area (Å²) in [5.41, 5.74) is 0. The Kier molecular flexibility index (Phi) is 7.68. The van der Waals surface area contributed by atoms with E-state index in [0.717, 1.165) is 13.1 Å². The lowest BCUT2D eigenvalue weighted by molar-refractivity contribution is -0.128. The number of ether oxygens (including phenoxy) is 2. The van der Waals surface area contributed by atoms with Gasteiger partial charge in [0.2, 0.25) is 5.91 Å². The van der Waals surface area contributed by atoms with Crippen molar-refractivity contribution in [3.63, 3.8) is 0 Å². The maximum atomic E-state index is 11.5. The van der Waals surface area contributed by atoms with Gasteiger partial charge in [0.1, 0.15) is 0 Å². The van der Waals surface area contributed by atoms with Crippen LogP contribution in [0.4, 0.5) is 0 Å². The molecule has 0 aromatic carbocycles. The third-order valence-electron chi connectivity index (χ3n) is 2.23. The van der Waals surface area contributed by atoms with Crippen LogP contribution in [-0.2, 0) is 14.3 Å². The molecule has 90 valence electrons. The average molecular weight is 239 g/mol. The molecule has 1 heterocycles. The maximum absolute atomic E-state index is 11.5. The Balaban J connectivity index is 0.00000196. The number of nitrogens with one attached hydrogen (secondary N) is 2. The molecule has 0 aromatic heterocycles.